The second-order valence-corrected chi connectivity index (χ2v) is 12.2. The van der Waals surface area contributed by atoms with Gasteiger partial charge in [0, 0.05) is 18.2 Å². The summed E-state index contributed by atoms with van der Waals surface area (Å²) in [5.41, 5.74) is -0.525. The van der Waals surface area contributed by atoms with Crippen molar-refractivity contribution in [3.8, 4) is 5.75 Å². The van der Waals surface area contributed by atoms with Gasteiger partial charge in [-0.25, -0.2) is 4.79 Å². The lowest BCUT2D eigenvalue weighted by atomic mass is 9.95. The molecule has 0 spiro atoms. The third-order valence-corrected chi connectivity index (χ3v) is 6.28. The number of phenols is 1. The van der Waals surface area contributed by atoms with E-state index < -0.39 is 47.6 Å². The molecule has 1 aromatic carbocycles. The van der Waals surface area contributed by atoms with Gasteiger partial charge in [-0.15, -0.1) is 0 Å². The molecule has 0 saturated heterocycles. The highest BCUT2D eigenvalue weighted by atomic mass is 16.6. The summed E-state index contributed by atoms with van der Waals surface area (Å²) >= 11 is 0. The first-order valence-electron chi connectivity index (χ1n) is 14.6. The van der Waals surface area contributed by atoms with Gasteiger partial charge in [0.1, 0.15) is 23.4 Å². The molecule has 3 amide bonds. The van der Waals surface area contributed by atoms with Gasteiger partial charge >= 0.3 is 12.1 Å². The molecule has 10 nitrogen and oxygen atoms in total. The van der Waals surface area contributed by atoms with Gasteiger partial charge < -0.3 is 30.1 Å². The molecule has 0 saturated carbocycles. The number of hydrogen-bond acceptors (Lipinski definition) is 7. The lowest BCUT2D eigenvalue weighted by molar-refractivity contribution is -0.146. The molecule has 1 rings (SSSR count). The Balaban J connectivity index is 3.58. The highest BCUT2D eigenvalue weighted by Gasteiger charge is 2.40. The molecule has 0 aliphatic rings. The minimum absolute atomic E-state index is 0.00422. The quantitative estimate of drug-likeness (QED) is 0.247. The van der Waals surface area contributed by atoms with Gasteiger partial charge in [0.25, 0.3) is 0 Å². The summed E-state index contributed by atoms with van der Waals surface area (Å²) in [4.78, 5) is 54.3. The molecule has 0 aliphatic heterocycles. The minimum atomic E-state index is -1.22. The second kappa shape index (κ2) is 16.8. The molecule has 10 heteroatoms. The van der Waals surface area contributed by atoms with Gasteiger partial charge in [0.15, 0.2) is 0 Å². The summed E-state index contributed by atoms with van der Waals surface area (Å²) < 4.78 is 10.4. The first kappa shape index (κ1) is 35.7. The van der Waals surface area contributed by atoms with Crippen LogP contribution >= 0.6 is 0 Å². The highest BCUT2D eigenvalue weighted by molar-refractivity contribution is 5.93. The smallest absolute Gasteiger partial charge is 0.408 e. The second-order valence-electron chi connectivity index (χ2n) is 12.2. The molecule has 41 heavy (non-hydrogen) atoms. The van der Waals surface area contributed by atoms with Gasteiger partial charge in [-0.05, 0) is 71.8 Å². The average molecular weight is 578 g/mol. The van der Waals surface area contributed by atoms with E-state index >= 15 is 0 Å². The van der Waals surface area contributed by atoms with Crippen LogP contribution in [0.5, 0.6) is 5.75 Å². The number of rotatable bonds is 15. The Kier molecular flexibility index (Phi) is 14.7. The molecule has 1 aromatic rings. The number of phenolic OH excluding ortho intramolecular Hbond substituents is 1. The standard InChI is InChI=1S/C31H51N3O7/c1-10-40-26(36)17-18-32-28(37)27(23-13-11-12-14-25(23)35)34(22(6)16-15-20(2)3)29(38)24(19-21(4)5)33-30(39)41-31(7,8)9/h11-14,20-22,24,27,35H,10,15-19H2,1-9H3,(H,32,37)(H,33,39). The van der Waals surface area contributed by atoms with Crippen LogP contribution in [-0.2, 0) is 23.9 Å². The van der Waals surface area contributed by atoms with Crippen molar-refractivity contribution in [3.63, 3.8) is 0 Å². The number of nitrogens with zero attached hydrogens (tertiary/aromatic N) is 1. The molecule has 3 N–H and O–H groups in total. The van der Waals surface area contributed by atoms with Crippen LogP contribution in [-0.4, -0.2) is 64.7 Å². The zero-order valence-electron chi connectivity index (χ0n) is 26.3. The molecule has 0 bridgehead atoms. The Hall–Kier alpha value is -3.30. The van der Waals surface area contributed by atoms with E-state index in [2.05, 4.69) is 24.5 Å². The van der Waals surface area contributed by atoms with Crippen molar-refractivity contribution < 1.29 is 33.8 Å². The van der Waals surface area contributed by atoms with Gasteiger partial charge in [0.05, 0.1) is 13.0 Å². The molecule has 3 atom stereocenters. The molecular weight excluding hydrogens is 526 g/mol. The molecule has 0 aliphatic carbocycles. The topological polar surface area (TPSA) is 134 Å². The summed E-state index contributed by atoms with van der Waals surface area (Å²) in [7, 11) is 0. The van der Waals surface area contributed by atoms with E-state index in [1.165, 1.54) is 11.0 Å². The number of para-hydroxylation sites is 1. The Morgan fingerprint density at radius 3 is 2.15 bits per heavy atom. The number of amides is 3. The SMILES string of the molecule is CCOC(=O)CCNC(=O)C(c1ccccc1O)N(C(=O)C(CC(C)C)NC(=O)OC(C)(C)C)C(C)CCC(C)C. The number of hydrogen-bond donors (Lipinski definition) is 3. The Labute approximate surface area is 245 Å². The van der Waals surface area contributed by atoms with Crippen LogP contribution in [0.1, 0.15) is 99.6 Å². The van der Waals surface area contributed by atoms with E-state index in [1.807, 2.05) is 20.8 Å². The van der Waals surface area contributed by atoms with Crippen molar-refractivity contribution >= 4 is 23.9 Å². The van der Waals surface area contributed by atoms with Crippen molar-refractivity contribution in [1.29, 1.82) is 0 Å². The first-order chi connectivity index (χ1) is 19.1. The number of ether oxygens (including phenoxy) is 2. The number of carbonyl (C=O) groups excluding carboxylic acids is 4. The lowest BCUT2D eigenvalue weighted by Crippen LogP contribution is -2.56. The average Bonchev–Trinajstić information content (AvgIpc) is 2.84. The summed E-state index contributed by atoms with van der Waals surface area (Å²) in [6.07, 6.45) is 0.912. The van der Waals surface area contributed by atoms with Crippen molar-refractivity contribution in [2.75, 3.05) is 13.2 Å². The number of esters is 1. The van der Waals surface area contributed by atoms with Crippen LogP contribution in [0.25, 0.3) is 0 Å². The van der Waals surface area contributed by atoms with Gasteiger partial charge in [0.2, 0.25) is 11.8 Å². The fourth-order valence-corrected chi connectivity index (χ4v) is 4.39. The van der Waals surface area contributed by atoms with E-state index in [9.17, 15) is 24.3 Å². The maximum absolute atomic E-state index is 14.4. The zero-order chi connectivity index (χ0) is 31.3. The van der Waals surface area contributed by atoms with E-state index in [0.717, 1.165) is 6.42 Å². The van der Waals surface area contributed by atoms with Crippen LogP contribution in [0, 0.1) is 11.8 Å². The number of nitrogens with one attached hydrogen (secondary N) is 2. The number of benzene rings is 1. The fourth-order valence-electron chi connectivity index (χ4n) is 4.39. The predicted molar refractivity (Wildman–Crippen MR) is 158 cm³/mol. The van der Waals surface area contributed by atoms with Crippen LogP contribution in [0.4, 0.5) is 4.79 Å². The largest absolute Gasteiger partial charge is 0.508 e. The maximum atomic E-state index is 14.4. The Morgan fingerprint density at radius 2 is 1.61 bits per heavy atom. The highest BCUT2D eigenvalue weighted by Crippen LogP contribution is 2.33. The predicted octanol–water partition coefficient (Wildman–Crippen LogP) is 5.10. The van der Waals surface area contributed by atoms with Crippen molar-refractivity contribution in [1.82, 2.24) is 15.5 Å². The fraction of sp³-hybridized carbons (Fsp3) is 0.677. The zero-order valence-corrected chi connectivity index (χ0v) is 26.3. The molecule has 3 unspecified atom stereocenters. The third-order valence-electron chi connectivity index (χ3n) is 6.28. The van der Waals surface area contributed by atoms with Crippen LogP contribution in [0.3, 0.4) is 0 Å². The molecule has 0 fully saturated rings. The maximum Gasteiger partial charge on any atom is 0.408 e. The molecular formula is C31H51N3O7. The number of aromatic hydroxyl groups is 1. The molecule has 0 heterocycles. The number of carbonyl (C=O) groups is 4. The number of alkyl carbamates (subject to hydrolysis) is 1. The van der Waals surface area contributed by atoms with Gasteiger partial charge in [-0.1, -0.05) is 45.9 Å². The van der Waals surface area contributed by atoms with Crippen LogP contribution in [0.2, 0.25) is 0 Å². The van der Waals surface area contributed by atoms with Crippen molar-refractivity contribution in [3.05, 3.63) is 29.8 Å². The van der Waals surface area contributed by atoms with Gasteiger partial charge in [-0.2, -0.15) is 0 Å². The van der Waals surface area contributed by atoms with E-state index in [4.69, 9.17) is 9.47 Å². The monoisotopic (exact) mass is 577 g/mol. The van der Waals surface area contributed by atoms with E-state index in [0.29, 0.717) is 18.8 Å². The van der Waals surface area contributed by atoms with Gasteiger partial charge in [-0.3, -0.25) is 14.4 Å². The molecule has 232 valence electrons. The van der Waals surface area contributed by atoms with Crippen molar-refractivity contribution in [2.24, 2.45) is 11.8 Å². The Bertz CT molecular complexity index is 1000. The Morgan fingerprint density at radius 1 is 0.976 bits per heavy atom. The van der Waals surface area contributed by atoms with E-state index in [1.54, 1.807) is 45.9 Å². The van der Waals surface area contributed by atoms with Crippen molar-refractivity contribution in [2.45, 2.75) is 112 Å². The molecule has 0 radical (unpaired) electrons. The summed E-state index contributed by atoms with van der Waals surface area (Å²) in [5, 5.41) is 16.3. The first-order valence-corrected chi connectivity index (χ1v) is 14.6. The molecule has 0 aromatic heterocycles. The lowest BCUT2D eigenvalue weighted by Gasteiger charge is -2.39. The third kappa shape index (κ3) is 12.8. The van der Waals surface area contributed by atoms with E-state index in [-0.39, 0.29) is 36.8 Å². The summed E-state index contributed by atoms with van der Waals surface area (Å²) in [5.74, 6) is -1.23. The summed E-state index contributed by atoms with van der Waals surface area (Å²) in [6, 6.07) is 3.74. The van der Waals surface area contributed by atoms with Crippen LogP contribution < -0.4 is 10.6 Å². The minimum Gasteiger partial charge on any atom is -0.508 e. The summed E-state index contributed by atoms with van der Waals surface area (Å²) in [6.45, 7) is 17.0. The normalized spacial score (nSPS) is 13.7. The van der Waals surface area contributed by atoms with Crippen LogP contribution in [0.15, 0.2) is 24.3 Å².